The van der Waals surface area contributed by atoms with Crippen LogP contribution in [-0.4, -0.2) is 17.5 Å². The van der Waals surface area contributed by atoms with E-state index in [-0.39, 0.29) is 12.2 Å². The van der Waals surface area contributed by atoms with Crippen LogP contribution in [0.25, 0.3) is 21.9 Å². The fourth-order valence-corrected chi connectivity index (χ4v) is 2.80. The van der Waals surface area contributed by atoms with Gasteiger partial charge in [-0.25, -0.2) is 0 Å². The van der Waals surface area contributed by atoms with Gasteiger partial charge in [0.25, 0.3) is 11.5 Å². The number of nitrogens with two attached hydrogens (primary N) is 1. The minimum absolute atomic E-state index is 0.202. The smallest absolute Gasteiger partial charge is 0.255 e. The second-order valence-electron chi connectivity index (χ2n) is 5.50. The van der Waals surface area contributed by atoms with Crippen LogP contribution in [0.5, 0.6) is 5.75 Å². The zero-order chi connectivity index (χ0) is 17.1. The molecule has 0 aliphatic carbocycles. The lowest BCUT2D eigenvalue weighted by Crippen LogP contribution is -2.20. The molecule has 3 aromatic rings. The predicted octanol–water partition coefficient (Wildman–Crippen LogP) is 2.62. The summed E-state index contributed by atoms with van der Waals surface area (Å²) in [5.74, 6) is -0.123. The topological polar surface area (TPSA) is 85.2 Å². The highest BCUT2D eigenvalue weighted by molar-refractivity contribution is 5.97. The van der Waals surface area contributed by atoms with Crippen molar-refractivity contribution in [3.05, 3.63) is 64.6 Å². The lowest BCUT2D eigenvalue weighted by atomic mass is 9.95. The summed E-state index contributed by atoms with van der Waals surface area (Å²) in [5, 5.41) is 1.35. The average molecular weight is 322 g/mol. The number of pyridine rings is 1. The molecule has 0 bridgehead atoms. The SMILES string of the molecule is CCc1ccccc1-c1c[nH]c(=O)c2cc(OCC(N)=O)ccc12. The van der Waals surface area contributed by atoms with Crippen LogP contribution in [0.1, 0.15) is 12.5 Å². The number of aromatic nitrogens is 1. The van der Waals surface area contributed by atoms with E-state index in [0.717, 1.165) is 22.9 Å². The van der Waals surface area contributed by atoms with Crippen LogP contribution in [0.15, 0.2) is 53.5 Å². The molecule has 0 atom stereocenters. The second kappa shape index (κ2) is 6.58. The standard InChI is InChI=1S/C19H18N2O3/c1-2-12-5-3-4-6-14(12)17-10-21-19(23)16-9-13(7-8-15(16)17)24-11-18(20)22/h3-10H,2,11H2,1H3,(H2,20,22)(H,21,23). The molecule has 0 radical (unpaired) electrons. The minimum atomic E-state index is -0.561. The van der Waals surface area contributed by atoms with Crippen molar-refractivity contribution in [1.82, 2.24) is 4.98 Å². The van der Waals surface area contributed by atoms with Gasteiger partial charge in [-0.15, -0.1) is 0 Å². The van der Waals surface area contributed by atoms with Crippen LogP contribution in [-0.2, 0) is 11.2 Å². The molecular formula is C19H18N2O3. The Hall–Kier alpha value is -3.08. The molecular weight excluding hydrogens is 304 g/mol. The zero-order valence-electron chi connectivity index (χ0n) is 13.3. The summed E-state index contributed by atoms with van der Waals surface area (Å²) in [5.41, 5.74) is 8.14. The summed E-state index contributed by atoms with van der Waals surface area (Å²) in [4.78, 5) is 25.8. The number of carbonyl (C=O) groups excluding carboxylic acids is 1. The molecule has 0 aliphatic rings. The first-order chi connectivity index (χ1) is 11.6. The maximum Gasteiger partial charge on any atom is 0.255 e. The van der Waals surface area contributed by atoms with Gasteiger partial charge < -0.3 is 15.5 Å². The predicted molar refractivity (Wildman–Crippen MR) is 94.1 cm³/mol. The molecule has 5 nitrogen and oxygen atoms in total. The number of primary amides is 1. The molecule has 122 valence electrons. The van der Waals surface area contributed by atoms with Crippen molar-refractivity contribution in [3.63, 3.8) is 0 Å². The highest BCUT2D eigenvalue weighted by Gasteiger charge is 2.11. The van der Waals surface area contributed by atoms with E-state index in [2.05, 4.69) is 18.0 Å². The summed E-state index contributed by atoms with van der Waals surface area (Å²) in [7, 11) is 0. The molecule has 24 heavy (non-hydrogen) atoms. The van der Waals surface area contributed by atoms with Crippen molar-refractivity contribution in [1.29, 1.82) is 0 Å². The van der Waals surface area contributed by atoms with Gasteiger partial charge in [-0.2, -0.15) is 0 Å². The van der Waals surface area contributed by atoms with E-state index >= 15 is 0 Å². The van der Waals surface area contributed by atoms with Crippen molar-refractivity contribution in [3.8, 4) is 16.9 Å². The average Bonchev–Trinajstić information content (AvgIpc) is 2.60. The van der Waals surface area contributed by atoms with Crippen LogP contribution in [0.4, 0.5) is 0 Å². The van der Waals surface area contributed by atoms with Gasteiger partial charge in [0.2, 0.25) is 0 Å². The number of carbonyl (C=O) groups is 1. The Balaban J connectivity index is 2.15. The molecule has 1 heterocycles. The fraction of sp³-hybridized carbons (Fsp3) is 0.158. The Labute approximate surface area is 139 Å². The van der Waals surface area contributed by atoms with E-state index in [1.165, 1.54) is 5.56 Å². The first-order valence-electron chi connectivity index (χ1n) is 7.75. The maximum absolute atomic E-state index is 12.2. The number of fused-ring (bicyclic) bond motifs is 1. The third kappa shape index (κ3) is 3.01. The van der Waals surface area contributed by atoms with E-state index in [9.17, 15) is 9.59 Å². The van der Waals surface area contributed by atoms with E-state index in [1.807, 2.05) is 24.3 Å². The highest BCUT2D eigenvalue weighted by atomic mass is 16.5. The van der Waals surface area contributed by atoms with Gasteiger partial charge in [0.1, 0.15) is 5.75 Å². The van der Waals surface area contributed by atoms with Gasteiger partial charge in [0.15, 0.2) is 6.61 Å². The molecule has 3 rings (SSSR count). The zero-order valence-corrected chi connectivity index (χ0v) is 13.3. The first-order valence-corrected chi connectivity index (χ1v) is 7.75. The summed E-state index contributed by atoms with van der Waals surface area (Å²) in [6.45, 7) is 1.88. The van der Waals surface area contributed by atoms with Gasteiger partial charge in [0.05, 0.1) is 5.39 Å². The normalized spacial score (nSPS) is 10.7. The van der Waals surface area contributed by atoms with Crippen LogP contribution in [0.2, 0.25) is 0 Å². The van der Waals surface area contributed by atoms with Gasteiger partial charge in [-0.1, -0.05) is 31.2 Å². The van der Waals surface area contributed by atoms with Gasteiger partial charge >= 0.3 is 0 Å². The Kier molecular flexibility index (Phi) is 4.33. The molecule has 0 saturated heterocycles. The van der Waals surface area contributed by atoms with Crippen LogP contribution < -0.4 is 16.0 Å². The van der Waals surface area contributed by atoms with Gasteiger partial charge in [0, 0.05) is 11.8 Å². The third-order valence-corrected chi connectivity index (χ3v) is 3.94. The molecule has 0 spiro atoms. The monoisotopic (exact) mass is 322 g/mol. The second-order valence-corrected chi connectivity index (χ2v) is 5.50. The number of hydrogen-bond acceptors (Lipinski definition) is 3. The van der Waals surface area contributed by atoms with E-state index < -0.39 is 5.91 Å². The molecule has 0 aliphatic heterocycles. The number of aryl methyl sites for hydroxylation is 1. The number of amides is 1. The van der Waals surface area contributed by atoms with Crippen molar-refractivity contribution in [2.45, 2.75) is 13.3 Å². The number of aromatic amines is 1. The van der Waals surface area contributed by atoms with Crippen LogP contribution in [0, 0.1) is 0 Å². The number of benzene rings is 2. The third-order valence-electron chi connectivity index (χ3n) is 3.94. The molecule has 1 amide bonds. The minimum Gasteiger partial charge on any atom is -0.484 e. The highest BCUT2D eigenvalue weighted by Crippen LogP contribution is 2.30. The summed E-state index contributed by atoms with van der Waals surface area (Å²) in [6.07, 6.45) is 2.64. The molecule has 1 aromatic heterocycles. The lowest BCUT2D eigenvalue weighted by Gasteiger charge is -2.12. The Morgan fingerprint density at radius 3 is 2.67 bits per heavy atom. The Bertz CT molecular complexity index is 960. The van der Waals surface area contributed by atoms with Crippen molar-refractivity contribution in [2.75, 3.05) is 6.61 Å². The number of hydrogen-bond donors (Lipinski definition) is 2. The molecule has 0 unspecified atom stereocenters. The van der Waals surface area contributed by atoms with E-state index in [1.54, 1.807) is 18.3 Å². The number of nitrogens with one attached hydrogen (secondary N) is 1. The molecule has 2 aromatic carbocycles. The maximum atomic E-state index is 12.2. The van der Waals surface area contributed by atoms with Crippen molar-refractivity contribution < 1.29 is 9.53 Å². The molecule has 0 fully saturated rings. The number of ether oxygens (including phenoxy) is 1. The van der Waals surface area contributed by atoms with Gasteiger partial charge in [-0.05, 0) is 41.1 Å². The van der Waals surface area contributed by atoms with Crippen LogP contribution in [0.3, 0.4) is 0 Å². The summed E-state index contributed by atoms with van der Waals surface area (Å²) in [6, 6.07) is 13.3. The Morgan fingerprint density at radius 1 is 1.12 bits per heavy atom. The largest absolute Gasteiger partial charge is 0.484 e. The first kappa shape index (κ1) is 15.8. The molecule has 5 heteroatoms. The van der Waals surface area contributed by atoms with E-state index in [0.29, 0.717) is 11.1 Å². The molecule has 3 N–H and O–H groups in total. The van der Waals surface area contributed by atoms with E-state index in [4.69, 9.17) is 10.5 Å². The fourth-order valence-electron chi connectivity index (χ4n) is 2.80. The van der Waals surface area contributed by atoms with Gasteiger partial charge in [-0.3, -0.25) is 9.59 Å². The Morgan fingerprint density at radius 2 is 1.92 bits per heavy atom. The lowest BCUT2D eigenvalue weighted by molar-refractivity contribution is -0.119. The summed E-state index contributed by atoms with van der Waals surface area (Å²) < 4.78 is 5.29. The summed E-state index contributed by atoms with van der Waals surface area (Å²) >= 11 is 0. The van der Waals surface area contributed by atoms with Crippen LogP contribution >= 0.6 is 0 Å². The number of H-pyrrole nitrogens is 1. The van der Waals surface area contributed by atoms with Crippen molar-refractivity contribution >= 4 is 16.7 Å². The number of rotatable bonds is 5. The quantitative estimate of drug-likeness (QED) is 0.757. The van der Waals surface area contributed by atoms with Crippen molar-refractivity contribution in [2.24, 2.45) is 5.73 Å². The molecule has 0 saturated carbocycles.